The molecule has 2 amide bonds. The molecule has 1 atom stereocenters. The van der Waals surface area contributed by atoms with Gasteiger partial charge in [0.15, 0.2) is 0 Å². The molecule has 0 saturated heterocycles. The van der Waals surface area contributed by atoms with E-state index in [1.807, 2.05) is 31.2 Å². The Morgan fingerprint density at radius 2 is 2.00 bits per heavy atom. The van der Waals surface area contributed by atoms with Gasteiger partial charge in [-0.25, -0.2) is 0 Å². The molecule has 1 N–H and O–H groups in total. The quantitative estimate of drug-likeness (QED) is 0.888. The Hall–Kier alpha value is -2.82. The highest BCUT2D eigenvalue weighted by Crippen LogP contribution is 2.33. The summed E-state index contributed by atoms with van der Waals surface area (Å²) >= 11 is 0. The molecule has 5 heteroatoms. The van der Waals surface area contributed by atoms with Gasteiger partial charge in [-0.15, -0.1) is 0 Å². The lowest BCUT2D eigenvalue weighted by atomic mass is 9.99. The zero-order chi connectivity index (χ0) is 19.0. The molecule has 27 heavy (non-hydrogen) atoms. The molecule has 1 unspecified atom stereocenters. The lowest BCUT2D eigenvalue weighted by Crippen LogP contribution is -2.46. The van der Waals surface area contributed by atoms with Crippen molar-refractivity contribution in [3.8, 4) is 0 Å². The fourth-order valence-electron chi connectivity index (χ4n) is 4.18. The van der Waals surface area contributed by atoms with E-state index in [0.717, 1.165) is 30.8 Å². The number of aryl methyl sites for hydroxylation is 2. The van der Waals surface area contributed by atoms with Gasteiger partial charge >= 0.3 is 0 Å². The van der Waals surface area contributed by atoms with Crippen LogP contribution in [0.5, 0.6) is 0 Å². The van der Waals surface area contributed by atoms with Crippen molar-refractivity contribution in [3.05, 3.63) is 53.6 Å². The van der Waals surface area contributed by atoms with Crippen LogP contribution in [0.3, 0.4) is 0 Å². The Morgan fingerprint density at radius 1 is 1.19 bits per heavy atom. The summed E-state index contributed by atoms with van der Waals surface area (Å²) in [6.07, 6.45) is 2.41. The number of hydrogen-bond acceptors (Lipinski definition) is 3. The Kier molecular flexibility index (Phi) is 4.60. The first-order valence-corrected chi connectivity index (χ1v) is 9.58. The summed E-state index contributed by atoms with van der Waals surface area (Å²) in [6.45, 7) is 5.24. The van der Waals surface area contributed by atoms with Crippen molar-refractivity contribution in [3.63, 3.8) is 0 Å². The Bertz CT molecular complexity index is 893. The minimum atomic E-state index is -0.177. The first-order chi connectivity index (χ1) is 13.0. The van der Waals surface area contributed by atoms with E-state index in [1.54, 1.807) is 4.90 Å². The predicted octanol–water partition coefficient (Wildman–Crippen LogP) is 3.51. The number of anilines is 3. The van der Waals surface area contributed by atoms with Gasteiger partial charge in [-0.05, 0) is 50.5 Å². The molecule has 2 aliphatic rings. The molecule has 0 bridgehead atoms. The molecule has 0 spiro atoms. The highest BCUT2D eigenvalue weighted by Gasteiger charge is 2.31. The molecule has 140 valence electrons. The maximum Gasteiger partial charge on any atom is 0.246 e. The summed E-state index contributed by atoms with van der Waals surface area (Å²) in [4.78, 5) is 29.4. The van der Waals surface area contributed by atoms with Crippen LogP contribution in [0.1, 0.15) is 30.9 Å². The van der Waals surface area contributed by atoms with Crippen molar-refractivity contribution in [1.29, 1.82) is 0 Å². The number of carbonyl (C=O) groups is 2. The monoisotopic (exact) mass is 363 g/mol. The van der Waals surface area contributed by atoms with Gasteiger partial charge in [-0.1, -0.05) is 29.8 Å². The third-order valence-electron chi connectivity index (χ3n) is 5.40. The normalized spacial score (nSPS) is 19.0. The van der Waals surface area contributed by atoms with Crippen molar-refractivity contribution < 1.29 is 9.59 Å². The molecule has 0 radical (unpaired) electrons. The van der Waals surface area contributed by atoms with Gasteiger partial charge in [0.05, 0.1) is 17.9 Å². The minimum absolute atomic E-state index is 0.0277. The van der Waals surface area contributed by atoms with Crippen LogP contribution < -0.4 is 15.1 Å². The Labute approximate surface area is 160 Å². The smallest absolute Gasteiger partial charge is 0.246 e. The topological polar surface area (TPSA) is 52.7 Å². The summed E-state index contributed by atoms with van der Waals surface area (Å²) in [5.74, 6) is -0.0241. The SMILES string of the molecule is Cc1ccc2c(c1)CCCN2CC(=O)N1c2ccccc2NC(=O)CC1C. The first kappa shape index (κ1) is 17.6. The second kappa shape index (κ2) is 7.06. The summed E-state index contributed by atoms with van der Waals surface area (Å²) < 4.78 is 0. The number of nitrogens with one attached hydrogen (secondary N) is 1. The van der Waals surface area contributed by atoms with Crippen molar-refractivity contribution in [2.75, 3.05) is 28.2 Å². The van der Waals surface area contributed by atoms with Crippen LogP contribution in [0.2, 0.25) is 0 Å². The van der Waals surface area contributed by atoms with Gasteiger partial charge in [-0.2, -0.15) is 0 Å². The first-order valence-electron chi connectivity index (χ1n) is 9.58. The number of fused-ring (bicyclic) bond motifs is 2. The molecule has 0 saturated carbocycles. The molecule has 4 rings (SSSR count). The molecule has 2 heterocycles. The second-order valence-electron chi connectivity index (χ2n) is 7.54. The summed E-state index contributed by atoms with van der Waals surface area (Å²) in [7, 11) is 0. The standard InChI is InChI=1S/C22H25N3O2/c1-15-9-10-19-17(12-15)6-5-11-24(19)14-22(27)25-16(2)13-21(26)23-18-7-3-4-8-20(18)25/h3-4,7-10,12,16H,5-6,11,13-14H2,1-2H3,(H,23,26). The number of nitrogens with zero attached hydrogens (tertiary/aromatic N) is 2. The van der Waals surface area contributed by atoms with E-state index in [1.165, 1.54) is 11.1 Å². The number of rotatable bonds is 2. The molecule has 2 aliphatic heterocycles. The van der Waals surface area contributed by atoms with Crippen LogP contribution in [0.4, 0.5) is 17.1 Å². The van der Waals surface area contributed by atoms with Crippen molar-refractivity contribution in [1.82, 2.24) is 0 Å². The van der Waals surface area contributed by atoms with Gasteiger partial charge in [-0.3, -0.25) is 9.59 Å². The van der Waals surface area contributed by atoms with E-state index in [-0.39, 0.29) is 17.9 Å². The zero-order valence-corrected chi connectivity index (χ0v) is 15.9. The van der Waals surface area contributed by atoms with Gasteiger partial charge in [0.1, 0.15) is 0 Å². The lowest BCUT2D eigenvalue weighted by Gasteiger charge is -2.34. The van der Waals surface area contributed by atoms with E-state index in [0.29, 0.717) is 18.7 Å². The fourth-order valence-corrected chi connectivity index (χ4v) is 4.18. The van der Waals surface area contributed by atoms with Gasteiger partial charge in [0, 0.05) is 24.7 Å². The van der Waals surface area contributed by atoms with E-state index in [9.17, 15) is 9.59 Å². The summed E-state index contributed by atoms with van der Waals surface area (Å²) in [5.41, 5.74) is 5.21. The van der Waals surface area contributed by atoms with Crippen LogP contribution in [0, 0.1) is 6.92 Å². The van der Waals surface area contributed by atoms with Crippen molar-refractivity contribution in [2.24, 2.45) is 0 Å². The number of hydrogen-bond donors (Lipinski definition) is 1. The van der Waals surface area contributed by atoms with Gasteiger partial charge in [0.2, 0.25) is 11.8 Å². The zero-order valence-electron chi connectivity index (χ0n) is 15.9. The van der Waals surface area contributed by atoms with Gasteiger partial charge < -0.3 is 15.1 Å². The van der Waals surface area contributed by atoms with Crippen LogP contribution in [0.15, 0.2) is 42.5 Å². The van der Waals surface area contributed by atoms with Crippen LogP contribution in [0.25, 0.3) is 0 Å². The maximum absolute atomic E-state index is 13.3. The Morgan fingerprint density at radius 3 is 2.85 bits per heavy atom. The number of para-hydroxylation sites is 2. The van der Waals surface area contributed by atoms with Crippen molar-refractivity contribution >= 4 is 28.9 Å². The van der Waals surface area contributed by atoms with E-state index >= 15 is 0 Å². The van der Waals surface area contributed by atoms with E-state index in [2.05, 4.69) is 35.3 Å². The maximum atomic E-state index is 13.3. The molecule has 2 aromatic carbocycles. The number of carbonyl (C=O) groups excluding carboxylic acids is 2. The minimum Gasteiger partial charge on any atom is -0.362 e. The molecular weight excluding hydrogens is 338 g/mol. The van der Waals surface area contributed by atoms with Crippen LogP contribution in [-0.4, -0.2) is 30.9 Å². The largest absolute Gasteiger partial charge is 0.362 e. The highest BCUT2D eigenvalue weighted by atomic mass is 16.2. The third kappa shape index (κ3) is 3.42. The second-order valence-corrected chi connectivity index (χ2v) is 7.54. The predicted molar refractivity (Wildman–Crippen MR) is 108 cm³/mol. The van der Waals surface area contributed by atoms with Crippen LogP contribution >= 0.6 is 0 Å². The van der Waals surface area contributed by atoms with E-state index < -0.39 is 0 Å². The fraction of sp³-hybridized carbons (Fsp3) is 0.364. The van der Waals surface area contributed by atoms with Crippen molar-refractivity contribution in [2.45, 2.75) is 39.2 Å². The average Bonchev–Trinajstić information content (AvgIpc) is 2.75. The molecule has 2 aromatic rings. The highest BCUT2D eigenvalue weighted by molar-refractivity contribution is 6.05. The number of amides is 2. The Balaban J connectivity index is 1.63. The lowest BCUT2D eigenvalue weighted by molar-refractivity contribution is -0.118. The molecule has 0 aliphatic carbocycles. The molecule has 0 fully saturated rings. The average molecular weight is 363 g/mol. The summed E-state index contributed by atoms with van der Waals surface area (Å²) in [6, 6.07) is 13.8. The van der Waals surface area contributed by atoms with E-state index in [4.69, 9.17) is 0 Å². The number of benzene rings is 2. The summed E-state index contributed by atoms with van der Waals surface area (Å²) in [5, 5.41) is 2.92. The molecule has 5 nitrogen and oxygen atoms in total. The molecule has 0 aromatic heterocycles. The third-order valence-corrected chi connectivity index (χ3v) is 5.40. The van der Waals surface area contributed by atoms with Gasteiger partial charge in [0.25, 0.3) is 0 Å². The van der Waals surface area contributed by atoms with Crippen LogP contribution in [-0.2, 0) is 16.0 Å². The molecular formula is C22H25N3O2.